The van der Waals surface area contributed by atoms with Crippen LogP contribution in [0.5, 0.6) is 0 Å². The van der Waals surface area contributed by atoms with E-state index < -0.39 is 0 Å². The maximum atomic E-state index is 5.49. The lowest BCUT2D eigenvalue weighted by Crippen LogP contribution is -2.59. The number of rotatable bonds is 2. The Hall–Kier alpha value is -0.120. The fraction of sp³-hybridized carbons (Fsp3) is 1.00. The van der Waals surface area contributed by atoms with E-state index in [4.69, 9.17) is 4.74 Å². The van der Waals surface area contributed by atoms with Crippen molar-refractivity contribution >= 4 is 0 Å². The lowest BCUT2D eigenvalue weighted by Gasteiger charge is -2.39. The molecule has 3 heteroatoms. The zero-order valence-corrected chi connectivity index (χ0v) is 7.92. The largest absolute Gasteiger partial charge is 0.377 e. The molecule has 0 amide bonds. The van der Waals surface area contributed by atoms with Crippen LogP contribution in [0.15, 0.2) is 0 Å². The fourth-order valence-electron chi connectivity index (χ4n) is 2.06. The number of nitrogens with one attached hydrogen (secondary N) is 1. The molecule has 0 bridgehead atoms. The van der Waals surface area contributed by atoms with Crippen molar-refractivity contribution in [2.45, 2.75) is 31.5 Å². The number of nitrogens with zero attached hydrogens (tertiary/aromatic N) is 1. The molecule has 0 aromatic heterocycles. The SMILES string of the molecule is CC1OCCC1NC1CN(C)C1. The Morgan fingerprint density at radius 1 is 1.42 bits per heavy atom. The molecular formula is C9H18N2O. The summed E-state index contributed by atoms with van der Waals surface area (Å²) in [6.45, 7) is 5.49. The minimum absolute atomic E-state index is 0.413. The number of likely N-dealkylation sites (tertiary alicyclic amines) is 1. The van der Waals surface area contributed by atoms with Crippen molar-refractivity contribution < 1.29 is 4.74 Å². The van der Waals surface area contributed by atoms with Crippen molar-refractivity contribution in [3.63, 3.8) is 0 Å². The summed E-state index contributed by atoms with van der Waals surface area (Å²) in [5.74, 6) is 0. The molecule has 2 heterocycles. The Kier molecular flexibility index (Phi) is 2.35. The highest BCUT2D eigenvalue weighted by Crippen LogP contribution is 2.15. The predicted octanol–water partition coefficient (Wildman–Crippen LogP) is 0.0674. The number of hydrogen-bond donors (Lipinski definition) is 1. The first-order chi connectivity index (χ1) is 5.75. The number of likely N-dealkylation sites (N-methyl/N-ethyl adjacent to an activating group) is 1. The topological polar surface area (TPSA) is 24.5 Å². The van der Waals surface area contributed by atoms with E-state index in [1.54, 1.807) is 0 Å². The van der Waals surface area contributed by atoms with E-state index >= 15 is 0 Å². The van der Waals surface area contributed by atoms with Gasteiger partial charge < -0.3 is 15.0 Å². The second-order valence-electron chi connectivity index (χ2n) is 4.06. The molecule has 0 saturated carbocycles. The zero-order valence-electron chi connectivity index (χ0n) is 7.92. The lowest BCUT2D eigenvalue weighted by molar-refractivity contribution is 0.0949. The molecule has 2 unspecified atom stereocenters. The molecule has 12 heavy (non-hydrogen) atoms. The van der Waals surface area contributed by atoms with Crippen molar-refractivity contribution in [2.24, 2.45) is 0 Å². The van der Waals surface area contributed by atoms with Gasteiger partial charge in [-0.25, -0.2) is 0 Å². The molecule has 2 saturated heterocycles. The van der Waals surface area contributed by atoms with Gasteiger partial charge in [-0.15, -0.1) is 0 Å². The summed E-state index contributed by atoms with van der Waals surface area (Å²) in [6.07, 6.45) is 1.59. The first-order valence-corrected chi connectivity index (χ1v) is 4.82. The first kappa shape index (κ1) is 8.48. The summed E-state index contributed by atoms with van der Waals surface area (Å²) < 4.78 is 5.49. The van der Waals surface area contributed by atoms with Crippen molar-refractivity contribution in [1.29, 1.82) is 0 Å². The third-order valence-corrected chi connectivity index (χ3v) is 2.89. The molecule has 0 spiro atoms. The summed E-state index contributed by atoms with van der Waals surface area (Å²) in [5, 5.41) is 3.63. The van der Waals surface area contributed by atoms with Crippen LogP contribution in [0.3, 0.4) is 0 Å². The minimum Gasteiger partial charge on any atom is -0.377 e. The van der Waals surface area contributed by atoms with Gasteiger partial charge in [-0.2, -0.15) is 0 Å². The van der Waals surface area contributed by atoms with Crippen LogP contribution < -0.4 is 5.32 Å². The van der Waals surface area contributed by atoms with E-state index in [2.05, 4.69) is 24.2 Å². The standard InChI is InChI=1S/C9H18N2O/c1-7-9(3-4-12-7)10-8-5-11(2)6-8/h7-10H,3-6H2,1-2H3. The third-order valence-electron chi connectivity index (χ3n) is 2.89. The van der Waals surface area contributed by atoms with E-state index in [1.807, 2.05) is 0 Å². The van der Waals surface area contributed by atoms with Gasteiger partial charge in [-0.05, 0) is 20.4 Å². The molecule has 1 N–H and O–H groups in total. The van der Waals surface area contributed by atoms with E-state index in [1.165, 1.54) is 19.5 Å². The van der Waals surface area contributed by atoms with Gasteiger partial charge in [0, 0.05) is 31.8 Å². The quantitative estimate of drug-likeness (QED) is 0.634. The van der Waals surface area contributed by atoms with Crippen LogP contribution in [0.25, 0.3) is 0 Å². The molecule has 70 valence electrons. The molecule has 2 aliphatic heterocycles. The van der Waals surface area contributed by atoms with E-state index in [0.717, 1.165) is 6.61 Å². The van der Waals surface area contributed by atoms with Crippen molar-refractivity contribution in [1.82, 2.24) is 10.2 Å². The molecule has 0 radical (unpaired) electrons. The van der Waals surface area contributed by atoms with E-state index in [-0.39, 0.29) is 0 Å². The number of hydrogen-bond acceptors (Lipinski definition) is 3. The average molecular weight is 170 g/mol. The van der Waals surface area contributed by atoms with Gasteiger partial charge in [0.1, 0.15) is 0 Å². The van der Waals surface area contributed by atoms with Crippen LogP contribution in [0.1, 0.15) is 13.3 Å². The van der Waals surface area contributed by atoms with Gasteiger partial charge in [-0.1, -0.05) is 0 Å². The lowest BCUT2D eigenvalue weighted by atomic mass is 10.1. The molecule has 0 aromatic carbocycles. The number of ether oxygens (including phenoxy) is 1. The molecular weight excluding hydrogens is 152 g/mol. The molecule has 3 nitrogen and oxygen atoms in total. The summed E-state index contributed by atoms with van der Waals surface area (Å²) >= 11 is 0. The molecule has 0 aromatic rings. The fourth-order valence-corrected chi connectivity index (χ4v) is 2.06. The second-order valence-corrected chi connectivity index (χ2v) is 4.06. The second kappa shape index (κ2) is 3.32. The van der Waals surface area contributed by atoms with Gasteiger partial charge in [-0.3, -0.25) is 0 Å². The summed E-state index contributed by atoms with van der Waals surface area (Å²) in [6, 6.07) is 1.31. The molecule has 2 aliphatic rings. The van der Waals surface area contributed by atoms with E-state index in [0.29, 0.717) is 18.2 Å². The summed E-state index contributed by atoms with van der Waals surface area (Å²) in [7, 11) is 2.16. The summed E-state index contributed by atoms with van der Waals surface area (Å²) in [5.41, 5.74) is 0. The van der Waals surface area contributed by atoms with Crippen LogP contribution in [0, 0.1) is 0 Å². The van der Waals surface area contributed by atoms with Crippen molar-refractivity contribution in [3.05, 3.63) is 0 Å². The van der Waals surface area contributed by atoms with E-state index in [9.17, 15) is 0 Å². The Morgan fingerprint density at radius 2 is 2.17 bits per heavy atom. The van der Waals surface area contributed by atoms with Crippen LogP contribution in [0.2, 0.25) is 0 Å². The monoisotopic (exact) mass is 170 g/mol. The van der Waals surface area contributed by atoms with Gasteiger partial charge in [0.15, 0.2) is 0 Å². The molecule has 0 aliphatic carbocycles. The molecule has 2 atom stereocenters. The third kappa shape index (κ3) is 1.63. The van der Waals surface area contributed by atoms with Gasteiger partial charge in [0.2, 0.25) is 0 Å². The maximum absolute atomic E-state index is 5.49. The highest BCUT2D eigenvalue weighted by Gasteiger charge is 2.30. The van der Waals surface area contributed by atoms with Gasteiger partial charge >= 0.3 is 0 Å². The van der Waals surface area contributed by atoms with Crippen LogP contribution in [-0.4, -0.2) is 49.8 Å². The van der Waals surface area contributed by atoms with Crippen molar-refractivity contribution in [3.8, 4) is 0 Å². The predicted molar refractivity (Wildman–Crippen MR) is 48.2 cm³/mol. The molecule has 2 fully saturated rings. The Labute approximate surface area is 74.1 Å². The Morgan fingerprint density at radius 3 is 2.67 bits per heavy atom. The normalized spacial score (nSPS) is 38.5. The van der Waals surface area contributed by atoms with Crippen LogP contribution in [0.4, 0.5) is 0 Å². The molecule has 2 rings (SSSR count). The maximum Gasteiger partial charge on any atom is 0.0700 e. The highest BCUT2D eigenvalue weighted by molar-refractivity contribution is 4.89. The van der Waals surface area contributed by atoms with Crippen LogP contribution in [-0.2, 0) is 4.74 Å². The Bertz CT molecular complexity index is 157. The Balaban J connectivity index is 1.72. The minimum atomic E-state index is 0.413. The zero-order chi connectivity index (χ0) is 8.55. The first-order valence-electron chi connectivity index (χ1n) is 4.82. The smallest absolute Gasteiger partial charge is 0.0700 e. The van der Waals surface area contributed by atoms with Crippen molar-refractivity contribution in [2.75, 3.05) is 26.7 Å². The van der Waals surface area contributed by atoms with Crippen LogP contribution >= 0.6 is 0 Å². The average Bonchev–Trinajstić information content (AvgIpc) is 2.33. The van der Waals surface area contributed by atoms with Gasteiger partial charge in [0.25, 0.3) is 0 Å². The van der Waals surface area contributed by atoms with Gasteiger partial charge in [0.05, 0.1) is 6.10 Å². The summed E-state index contributed by atoms with van der Waals surface area (Å²) in [4.78, 5) is 2.33. The highest BCUT2D eigenvalue weighted by atomic mass is 16.5.